The number of rotatable bonds is 3. The molecular formula is C19H17O+. The lowest BCUT2D eigenvalue weighted by Gasteiger charge is -1.94. The third kappa shape index (κ3) is 4.26. The summed E-state index contributed by atoms with van der Waals surface area (Å²) >= 11 is 0. The van der Waals surface area contributed by atoms with Crippen LogP contribution in [0.15, 0.2) is 72.4 Å². The van der Waals surface area contributed by atoms with E-state index in [1.807, 2.05) is 61.6 Å². The SMILES string of the molecule is CC#C/C=C1\C=CC=CC1=[O+]C/C=C/c1ccccc1. The van der Waals surface area contributed by atoms with E-state index in [0.29, 0.717) is 6.61 Å². The van der Waals surface area contributed by atoms with E-state index in [1.165, 1.54) is 5.56 Å². The standard InChI is InChI=1S/C19H17O/c1-2-3-13-18-14-7-8-15-19(18)20-16-9-12-17-10-5-4-6-11-17/h4-15H,16H2,1H3/q+1/b12-9+,18-13+. The molecule has 0 saturated carbocycles. The lowest BCUT2D eigenvalue weighted by Crippen LogP contribution is -2.04. The van der Waals surface area contributed by atoms with Gasteiger partial charge in [0.15, 0.2) is 0 Å². The molecule has 98 valence electrons. The number of hydrogen-bond acceptors (Lipinski definition) is 0. The number of benzene rings is 1. The number of ketones is 1. The summed E-state index contributed by atoms with van der Waals surface area (Å²) in [5, 5.41) is 0. The predicted octanol–water partition coefficient (Wildman–Crippen LogP) is 3.88. The minimum Gasteiger partial charge on any atom is -0.250 e. The molecule has 0 heterocycles. The number of carbonyl (C=O) groups excluding carboxylic acids is 1. The maximum absolute atomic E-state index is 5.77. The molecule has 1 aromatic rings. The zero-order valence-electron chi connectivity index (χ0n) is 11.5. The largest absolute Gasteiger partial charge is 0.351 e. The van der Waals surface area contributed by atoms with Crippen LogP contribution >= 0.6 is 0 Å². The van der Waals surface area contributed by atoms with E-state index >= 15 is 0 Å². The lowest BCUT2D eigenvalue weighted by molar-refractivity contribution is -0.442. The smallest absolute Gasteiger partial charge is 0.250 e. The second kappa shape index (κ2) is 7.76. The molecule has 0 fully saturated rings. The monoisotopic (exact) mass is 261 g/mol. The highest BCUT2D eigenvalue weighted by Crippen LogP contribution is 2.07. The summed E-state index contributed by atoms with van der Waals surface area (Å²) in [6.45, 7) is 2.36. The topological polar surface area (TPSA) is 11.3 Å². The Kier molecular flexibility index (Phi) is 5.37. The van der Waals surface area contributed by atoms with Gasteiger partial charge in [-0.1, -0.05) is 48.4 Å². The van der Waals surface area contributed by atoms with Crippen LogP contribution in [0.1, 0.15) is 12.5 Å². The highest BCUT2D eigenvalue weighted by molar-refractivity contribution is 6.08. The third-order valence-electron chi connectivity index (χ3n) is 2.74. The molecule has 0 aliphatic heterocycles. The Hall–Kier alpha value is -2.59. The molecule has 1 nitrogen and oxygen atoms in total. The summed E-state index contributed by atoms with van der Waals surface area (Å²) in [6, 6.07) is 10.2. The van der Waals surface area contributed by atoms with E-state index in [2.05, 4.69) is 30.0 Å². The molecular weight excluding hydrogens is 244 g/mol. The Morgan fingerprint density at radius 2 is 1.90 bits per heavy atom. The molecule has 0 spiro atoms. The van der Waals surface area contributed by atoms with E-state index in [9.17, 15) is 0 Å². The van der Waals surface area contributed by atoms with Gasteiger partial charge in [0.2, 0.25) is 0 Å². The van der Waals surface area contributed by atoms with Gasteiger partial charge in [0.25, 0.3) is 6.61 Å². The van der Waals surface area contributed by atoms with Gasteiger partial charge in [0, 0.05) is 18.2 Å². The van der Waals surface area contributed by atoms with Crippen molar-refractivity contribution in [2.45, 2.75) is 6.92 Å². The average Bonchev–Trinajstić information content (AvgIpc) is 2.51. The van der Waals surface area contributed by atoms with Gasteiger partial charge in [-0.25, -0.2) is 4.42 Å². The highest BCUT2D eigenvalue weighted by atomic mass is 16.4. The Morgan fingerprint density at radius 1 is 1.10 bits per heavy atom. The van der Waals surface area contributed by atoms with Crippen LogP contribution in [0.4, 0.5) is 0 Å². The predicted molar refractivity (Wildman–Crippen MR) is 85.2 cm³/mol. The Labute approximate surface area is 120 Å². The second-order valence-corrected chi connectivity index (χ2v) is 4.20. The van der Waals surface area contributed by atoms with Gasteiger partial charge in [0.1, 0.15) is 0 Å². The van der Waals surface area contributed by atoms with Crippen molar-refractivity contribution < 1.29 is 4.42 Å². The van der Waals surface area contributed by atoms with Crippen LogP contribution in [0.25, 0.3) is 6.08 Å². The van der Waals surface area contributed by atoms with E-state index in [0.717, 1.165) is 11.4 Å². The van der Waals surface area contributed by atoms with Gasteiger partial charge < -0.3 is 0 Å². The van der Waals surface area contributed by atoms with Gasteiger partial charge in [0.05, 0.1) is 5.57 Å². The van der Waals surface area contributed by atoms with E-state index in [1.54, 1.807) is 0 Å². The molecule has 1 aliphatic carbocycles. The second-order valence-electron chi connectivity index (χ2n) is 4.20. The number of allylic oxidation sites excluding steroid dienone is 6. The van der Waals surface area contributed by atoms with Crippen molar-refractivity contribution >= 4 is 11.9 Å². The van der Waals surface area contributed by atoms with Gasteiger partial charge in [-0.3, -0.25) is 0 Å². The molecule has 0 amide bonds. The Balaban J connectivity index is 2.02. The fraction of sp³-hybridized carbons (Fsp3) is 0.105. The molecule has 0 aromatic heterocycles. The van der Waals surface area contributed by atoms with E-state index in [4.69, 9.17) is 4.42 Å². The molecule has 2 rings (SSSR count). The van der Waals surface area contributed by atoms with Gasteiger partial charge in [-0.15, -0.1) is 5.92 Å². The average molecular weight is 261 g/mol. The van der Waals surface area contributed by atoms with Crippen LogP contribution in [0.5, 0.6) is 0 Å². The zero-order valence-corrected chi connectivity index (χ0v) is 11.5. The van der Waals surface area contributed by atoms with Gasteiger partial charge in [-0.2, -0.15) is 0 Å². The van der Waals surface area contributed by atoms with Crippen LogP contribution in [0.3, 0.4) is 0 Å². The van der Waals surface area contributed by atoms with Crippen LogP contribution < -0.4 is 0 Å². The summed E-state index contributed by atoms with van der Waals surface area (Å²) in [7, 11) is 0. The number of hydrogen-bond donors (Lipinski definition) is 0. The Morgan fingerprint density at radius 3 is 2.70 bits per heavy atom. The third-order valence-corrected chi connectivity index (χ3v) is 2.74. The van der Waals surface area contributed by atoms with Crippen molar-refractivity contribution in [2.75, 3.05) is 6.61 Å². The van der Waals surface area contributed by atoms with Gasteiger partial charge in [-0.05, 0) is 24.6 Å². The molecule has 0 bridgehead atoms. The zero-order chi connectivity index (χ0) is 14.0. The molecule has 20 heavy (non-hydrogen) atoms. The maximum Gasteiger partial charge on any atom is 0.351 e. The molecule has 0 N–H and O–H groups in total. The maximum atomic E-state index is 5.77. The molecule has 0 unspecified atom stereocenters. The van der Waals surface area contributed by atoms with Crippen LogP contribution in [-0.2, 0) is 4.42 Å². The van der Waals surface area contributed by atoms with Gasteiger partial charge >= 0.3 is 5.78 Å². The van der Waals surface area contributed by atoms with Crippen molar-refractivity contribution in [3.8, 4) is 11.8 Å². The van der Waals surface area contributed by atoms with E-state index < -0.39 is 0 Å². The fourth-order valence-electron chi connectivity index (χ4n) is 1.77. The van der Waals surface area contributed by atoms with Crippen LogP contribution in [-0.4, -0.2) is 12.4 Å². The molecule has 1 aromatic carbocycles. The first-order valence-electron chi connectivity index (χ1n) is 6.59. The van der Waals surface area contributed by atoms with Crippen molar-refractivity contribution in [1.82, 2.24) is 0 Å². The van der Waals surface area contributed by atoms with Crippen LogP contribution in [0, 0.1) is 11.8 Å². The normalized spacial score (nSPS) is 17.6. The summed E-state index contributed by atoms with van der Waals surface area (Å²) in [5.41, 5.74) is 2.18. The lowest BCUT2D eigenvalue weighted by atomic mass is 10.1. The first-order valence-corrected chi connectivity index (χ1v) is 6.59. The summed E-state index contributed by atoms with van der Waals surface area (Å²) < 4.78 is 5.77. The van der Waals surface area contributed by atoms with E-state index in [-0.39, 0.29) is 0 Å². The Bertz CT molecular complexity index is 644. The summed E-state index contributed by atoms with van der Waals surface area (Å²) in [6.07, 6.45) is 13.8. The quantitative estimate of drug-likeness (QED) is 0.444. The fourth-order valence-corrected chi connectivity index (χ4v) is 1.77. The first-order chi connectivity index (χ1) is 9.90. The molecule has 0 saturated heterocycles. The summed E-state index contributed by atoms with van der Waals surface area (Å²) in [5.74, 6) is 6.66. The molecule has 1 aliphatic rings. The highest BCUT2D eigenvalue weighted by Gasteiger charge is 2.13. The van der Waals surface area contributed by atoms with Crippen molar-refractivity contribution in [3.05, 3.63) is 77.9 Å². The van der Waals surface area contributed by atoms with Crippen LogP contribution in [0.2, 0.25) is 0 Å². The summed E-state index contributed by atoms with van der Waals surface area (Å²) in [4.78, 5) is 0. The first kappa shape index (κ1) is 13.8. The molecule has 1 heteroatoms. The molecule has 0 atom stereocenters. The van der Waals surface area contributed by atoms with Crippen molar-refractivity contribution in [2.24, 2.45) is 0 Å². The molecule has 0 radical (unpaired) electrons. The minimum absolute atomic E-state index is 0.541. The van der Waals surface area contributed by atoms with Crippen molar-refractivity contribution in [3.63, 3.8) is 0 Å². The van der Waals surface area contributed by atoms with Crippen molar-refractivity contribution in [1.29, 1.82) is 0 Å². The minimum atomic E-state index is 0.541.